The Labute approximate surface area is 143 Å². The first-order chi connectivity index (χ1) is 11.0. The van der Waals surface area contributed by atoms with Crippen molar-refractivity contribution >= 4 is 33.4 Å². The van der Waals surface area contributed by atoms with Crippen LogP contribution in [0.2, 0.25) is 0 Å². The Morgan fingerprint density at radius 1 is 1.09 bits per heavy atom. The third-order valence-electron chi connectivity index (χ3n) is 3.02. The number of nitrogens with one attached hydrogen (secondary N) is 1. The molecule has 0 aliphatic rings. The molecule has 0 atom stereocenters. The minimum absolute atomic E-state index is 0.133. The zero-order valence-corrected chi connectivity index (χ0v) is 14.5. The van der Waals surface area contributed by atoms with E-state index in [1.807, 2.05) is 12.1 Å². The topological polar surface area (TPSA) is 58.6 Å². The molecule has 0 saturated heterocycles. The highest BCUT2D eigenvalue weighted by molar-refractivity contribution is 9.10. The van der Waals surface area contributed by atoms with Crippen molar-refractivity contribution < 1.29 is 14.3 Å². The summed E-state index contributed by atoms with van der Waals surface area (Å²) in [7, 11) is 3.33. The van der Waals surface area contributed by atoms with Crippen LogP contribution < -0.4 is 10.1 Å². The van der Waals surface area contributed by atoms with Gasteiger partial charge in [0, 0.05) is 18.6 Å². The van der Waals surface area contributed by atoms with Gasteiger partial charge in [0.15, 0.2) is 6.61 Å². The Hall–Kier alpha value is -2.34. The summed E-state index contributed by atoms with van der Waals surface area (Å²) < 4.78 is 6.35. The molecule has 0 aromatic heterocycles. The molecule has 0 radical (unpaired) electrons. The molecular formula is C17H17BrN2O3. The number of rotatable bonds is 5. The summed E-state index contributed by atoms with van der Waals surface area (Å²) in [5.41, 5.74) is 0.907. The molecule has 2 amide bonds. The van der Waals surface area contributed by atoms with E-state index >= 15 is 0 Å². The van der Waals surface area contributed by atoms with Gasteiger partial charge in [-0.3, -0.25) is 9.59 Å². The first-order valence-corrected chi connectivity index (χ1v) is 7.75. The van der Waals surface area contributed by atoms with Gasteiger partial charge in [0.1, 0.15) is 5.75 Å². The number of hydrogen-bond acceptors (Lipinski definition) is 3. The molecule has 2 aromatic rings. The molecule has 0 unspecified atom stereocenters. The molecule has 5 nitrogen and oxygen atoms in total. The third-order valence-corrected chi connectivity index (χ3v) is 3.55. The van der Waals surface area contributed by atoms with Crippen molar-refractivity contribution in [3.05, 3.63) is 58.6 Å². The number of nitrogens with zero attached hydrogens (tertiary/aromatic N) is 1. The van der Waals surface area contributed by atoms with Crippen molar-refractivity contribution in [2.75, 3.05) is 26.0 Å². The summed E-state index contributed by atoms with van der Waals surface area (Å²) in [4.78, 5) is 25.6. The second-order valence-electron chi connectivity index (χ2n) is 5.04. The van der Waals surface area contributed by atoms with Crippen LogP contribution in [0.15, 0.2) is 53.0 Å². The Kier molecular flexibility index (Phi) is 5.76. The van der Waals surface area contributed by atoms with Crippen LogP contribution in [-0.2, 0) is 4.79 Å². The molecule has 2 rings (SSSR count). The third kappa shape index (κ3) is 4.82. The van der Waals surface area contributed by atoms with Crippen LogP contribution in [0.1, 0.15) is 10.4 Å². The lowest BCUT2D eigenvalue weighted by atomic mass is 10.1. The Bertz CT molecular complexity index is 699. The highest BCUT2D eigenvalue weighted by atomic mass is 79.9. The van der Waals surface area contributed by atoms with Gasteiger partial charge in [-0.05, 0) is 36.4 Å². The quantitative estimate of drug-likeness (QED) is 0.871. The maximum atomic E-state index is 12.1. The maximum Gasteiger partial charge on any atom is 0.262 e. The minimum atomic E-state index is -0.327. The lowest BCUT2D eigenvalue weighted by Crippen LogP contribution is -2.25. The first-order valence-electron chi connectivity index (χ1n) is 6.96. The predicted octanol–water partition coefficient (Wildman–Crippen LogP) is 3.17. The van der Waals surface area contributed by atoms with E-state index in [0.29, 0.717) is 17.0 Å². The Balaban J connectivity index is 2.00. The van der Waals surface area contributed by atoms with Crippen molar-refractivity contribution in [1.82, 2.24) is 4.90 Å². The van der Waals surface area contributed by atoms with E-state index in [1.165, 1.54) is 4.90 Å². The van der Waals surface area contributed by atoms with Gasteiger partial charge in [0.2, 0.25) is 0 Å². The van der Waals surface area contributed by atoms with Crippen molar-refractivity contribution in [3.8, 4) is 5.75 Å². The summed E-state index contributed by atoms with van der Waals surface area (Å²) >= 11 is 3.33. The molecule has 1 N–H and O–H groups in total. The van der Waals surface area contributed by atoms with Crippen molar-refractivity contribution in [2.24, 2.45) is 0 Å². The molecule has 0 aliphatic heterocycles. The van der Waals surface area contributed by atoms with Gasteiger partial charge in [0.05, 0.1) is 11.3 Å². The summed E-state index contributed by atoms with van der Waals surface area (Å²) in [6, 6.07) is 14.1. The Morgan fingerprint density at radius 2 is 1.74 bits per heavy atom. The van der Waals surface area contributed by atoms with E-state index in [2.05, 4.69) is 21.2 Å². The number of halogens is 1. The van der Waals surface area contributed by atoms with E-state index in [9.17, 15) is 9.59 Å². The zero-order valence-electron chi connectivity index (χ0n) is 12.9. The van der Waals surface area contributed by atoms with Gasteiger partial charge in [0.25, 0.3) is 11.8 Å². The van der Waals surface area contributed by atoms with Crippen molar-refractivity contribution in [2.45, 2.75) is 0 Å². The van der Waals surface area contributed by atoms with Gasteiger partial charge < -0.3 is 15.0 Å². The standard InChI is InChI=1S/C17H17BrN2O3/c1-20(2)17(22)14-5-3-4-6-15(14)19-16(21)11-23-13-9-7-12(18)8-10-13/h3-10H,11H2,1-2H3,(H,19,21). The monoisotopic (exact) mass is 376 g/mol. The minimum Gasteiger partial charge on any atom is -0.484 e. The van der Waals surface area contributed by atoms with E-state index in [0.717, 1.165) is 4.47 Å². The van der Waals surface area contributed by atoms with Crippen LogP contribution in [-0.4, -0.2) is 37.4 Å². The fourth-order valence-corrected chi connectivity index (χ4v) is 2.15. The maximum absolute atomic E-state index is 12.1. The molecule has 0 bridgehead atoms. The SMILES string of the molecule is CN(C)C(=O)c1ccccc1NC(=O)COc1ccc(Br)cc1. The lowest BCUT2D eigenvalue weighted by Gasteiger charge is -2.14. The highest BCUT2D eigenvalue weighted by Gasteiger charge is 2.14. The Morgan fingerprint density at radius 3 is 2.39 bits per heavy atom. The average Bonchev–Trinajstić information content (AvgIpc) is 2.54. The highest BCUT2D eigenvalue weighted by Crippen LogP contribution is 2.18. The fourth-order valence-electron chi connectivity index (χ4n) is 1.89. The molecule has 23 heavy (non-hydrogen) atoms. The van der Waals surface area contributed by atoms with Crippen molar-refractivity contribution in [1.29, 1.82) is 0 Å². The van der Waals surface area contributed by atoms with Crippen LogP contribution >= 0.6 is 15.9 Å². The number of anilines is 1. The second-order valence-corrected chi connectivity index (χ2v) is 5.95. The molecule has 0 saturated carbocycles. The summed E-state index contributed by atoms with van der Waals surface area (Å²) in [5, 5.41) is 2.71. The molecule has 0 fully saturated rings. The molecule has 120 valence electrons. The number of carbonyl (C=O) groups is 2. The number of carbonyl (C=O) groups excluding carboxylic acids is 2. The largest absolute Gasteiger partial charge is 0.484 e. The van der Waals surface area contributed by atoms with Crippen LogP contribution in [0.4, 0.5) is 5.69 Å². The van der Waals surface area contributed by atoms with E-state index < -0.39 is 0 Å². The first kappa shape index (κ1) is 17.0. The van der Waals surface area contributed by atoms with Gasteiger partial charge >= 0.3 is 0 Å². The van der Waals surface area contributed by atoms with Crippen LogP contribution in [0.3, 0.4) is 0 Å². The van der Waals surface area contributed by atoms with Crippen LogP contribution in [0.25, 0.3) is 0 Å². The number of hydrogen-bond donors (Lipinski definition) is 1. The molecule has 0 heterocycles. The number of benzene rings is 2. The lowest BCUT2D eigenvalue weighted by molar-refractivity contribution is -0.118. The normalized spacial score (nSPS) is 10.0. The van der Waals surface area contributed by atoms with Gasteiger partial charge in [-0.2, -0.15) is 0 Å². The molecule has 2 aromatic carbocycles. The smallest absolute Gasteiger partial charge is 0.262 e. The van der Waals surface area contributed by atoms with Crippen LogP contribution in [0.5, 0.6) is 5.75 Å². The zero-order chi connectivity index (χ0) is 16.8. The number of ether oxygens (including phenoxy) is 1. The average molecular weight is 377 g/mol. The van der Waals surface area contributed by atoms with Gasteiger partial charge in [-0.1, -0.05) is 28.1 Å². The molecular weight excluding hydrogens is 360 g/mol. The van der Waals surface area contributed by atoms with E-state index in [1.54, 1.807) is 50.5 Å². The summed E-state index contributed by atoms with van der Waals surface area (Å²) in [6.45, 7) is -0.133. The summed E-state index contributed by atoms with van der Waals surface area (Å²) in [5.74, 6) is 0.0997. The van der Waals surface area contributed by atoms with Crippen LogP contribution in [0, 0.1) is 0 Å². The number of para-hydroxylation sites is 1. The summed E-state index contributed by atoms with van der Waals surface area (Å²) in [6.07, 6.45) is 0. The second kappa shape index (κ2) is 7.78. The molecule has 0 spiro atoms. The predicted molar refractivity (Wildman–Crippen MR) is 92.7 cm³/mol. The van der Waals surface area contributed by atoms with Crippen molar-refractivity contribution in [3.63, 3.8) is 0 Å². The fraction of sp³-hybridized carbons (Fsp3) is 0.176. The molecule has 6 heteroatoms. The van der Waals surface area contributed by atoms with E-state index in [4.69, 9.17) is 4.74 Å². The van der Waals surface area contributed by atoms with E-state index in [-0.39, 0.29) is 18.4 Å². The van der Waals surface area contributed by atoms with Gasteiger partial charge in [-0.15, -0.1) is 0 Å². The van der Waals surface area contributed by atoms with Gasteiger partial charge in [-0.25, -0.2) is 0 Å². The number of amides is 2. The molecule has 0 aliphatic carbocycles.